The molecule has 15 heavy (non-hydrogen) atoms. The highest BCUT2D eigenvalue weighted by molar-refractivity contribution is 5.03. The number of hydrogen-bond acceptors (Lipinski definition) is 2. The minimum atomic E-state index is 0.515. The van der Waals surface area contributed by atoms with E-state index in [2.05, 4.69) is 17.1 Å². The number of nitrogens with one attached hydrogen (secondary N) is 1. The SMILES string of the molecule is CCN1CC2(CCCC2)NCC1C1CC1. The predicted octanol–water partition coefficient (Wildman–Crippen LogP) is 2.00. The summed E-state index contributed by atoms with van der Waals surface area (Å²) in [6.45, 7) is 6.18. The second-order valence-corrected chi connectivity index (χ2v) is 5.84. The Morgan fingerprint density at radius 2 is 2.00 bits per heavy atom. The van der Waals surface area contributed by atoms with Crippen LogP contribution in [0.1, 0.15) is 45.4 Å². The Hall–Kier alpha value is -0.0800. The van der Waals surface area contributed by atoms with E-state index in [0.717, 1.165) is 12.0 Å². The number of hydrogen-bond donors (Lipinski definition) is 1. The van der Waals surface area contributed by atoms with Crippen molar-refractivity contribution in [3.05, 3.63) is 0 Å². The van der Waals surface area contributed by atoms with E-state index in [1.165, 1.54) is 58.2 Å². The van der Waals surface area contributed by atoms with Crippen LogP contribution in [-0.4, -0.2) is 36.1 Å². The summed E-state index contributed by atoms with van der Waals surface area (Å²) in [4.78, 5) is 2.76. The minimum absolute atomic E-state index is 0.515. The second kappa shape index (κ2) is 3.74. The fraction of sp³-hybridized carbons (Fsp3) is 1.00. The van der Waals surface area contributed by atoms with E-state index >= 15 is 0 Å². The summed E-state index contributed by atoms with van der Waals surface area (Å²) in [5, 5.41) is 3.89. The number of piperazine rings is 1. The van der Waals surface area contributed by atoms with Gasteiger partial charge in [0.15, 0.2) is 0 Å². The first-order chi connectivity index (χ1) is 7.33. The van der Waals surface area contributed by atoms with Crippen LogP contribution in [-0.2, 0) is 0 Å². The lowest BCUT2D eigenvalue weighted by molar-refractivity contribution is 0.0742. The van der Waals surface area contributed by atoms with Crippen molar-refractivity contribution in [2.75, 3.05) is 19.6 Å². The molecule has 2 saturated carbocycles. The van der Waals surface area contributed by atoms with Gasteiger partial charge in [0, 0.05) is 24.7 Å². The molecular formula is C13H24N2. The first-order valence-corrected chi connectivity index (χ1v) is 6.82. The van der Waals surface area contributed by atoms with Gasteiger partial charge in [0.2, 0.25) is 0 Å². The molecule has 1 spiro atoms. The van der Waals surface area contributed by atoms with Crippen molar-refractivity contribution in [2.24, 2.45) is 5.92 Å². The Morgan fingerprint density at radius 1 is 1.27 bits per heavy atom. The Bertz CT molecular complexity index is 229. The van der Waals surface area contributed by atoms with Crippen molar-refractivity contribution < 1.29 is 0 Å². The lowest BCUT2D eigenvalue weighted by atomic mass is 9.91. The van der Waals surface area contributed by atoms with Crippen LogP contribution in [0.25, 0.3) is 0 Å². The smallest absolute Gasteiger partial charge is 0.0309 e. The van der Waals surface area contributed by atoms with E-state index in [-0.39, 0.29) is 0 Å². The van der Waals surface area contributed by atoms with Gasteiger partial charge in [0.1, 0.15) is 0 Å². The Kier molecular flexibility index (Phi) is 2.52. The second-order valence-electron chi connectivity index (χ2n) is 5.84. The molecule has 86 valence electrons. The third-order valence-corrected chi connectivity index (χ3v) is 4.79. The van der Waals surface area contributed by atoms with Crippen LogP contribution in [0.5, 0.6) is 0 Å². The molecule has 2 heteroatoms. The molecule has 1 N–H and O–H groups in total. The maximum absolute atomic E-state index is 3.89. The average molecular weight is 208 g/mol. The van der Waals surface area contributed by atoms with Crippen molar-refractivity contribution in [1.29, 1.82) is 0 Å². The Morgan fingerprint density at radius 3 is 2.60 bits per heavy atom. The fourth-order valence-electron chi connectivity index (χ4n) is 3.69. The highest BCUT2D eigenvalue weighted by atomic mass is 15.3. The quantitative estimate of drug-likeness (QED) is 0.747. The van der Waals surface area contributed by atoms with Crippen LogP contribution in [0.3, 0.4) is 0 Å². The molecule has 2 nitrogen and oxygen atoms in total. The van der Waals surface area contributed by atoms with Crippen LogP contribution < -0.4 is 5.32 Å². The maximum Gasteiger partial charge on any atom is 0.0309 e. The number of likely N-dealkylation sites (N-methyl/N-ethyl adjacent to an activating group) is 1. The zero-order valence-electron chi connectivity index (χ0n) is 9.97. The van der Waals surface area contributed by atoms with Gasteiger partial charge in [-0.2, -0.15) is 0 Å². The molecule has 1 aliphatic heterocycles. The summed E-state index contributed by atoms with van der Waals surface area (Å²) in [6, 6.07) is 0.862. The van der Waals surface area contributed by atoms with Crippen molar-refractivity contribution in [1.82, 2.24) is 10.2 Å². The molecule has 3 aliphatic rings. The van der Waals surface area contributed by atoms with Gasteiger partial charge < -0.3 is 5.32 Å². The molecule has 3 rings (SSSR count). The van der Waals surface area contributed by atoms with Gasteiger partial charge in [0.05, 0.1) is 0 Å². The summed E-state index contributed by atoms with van der Waals surface area (Å²) in [6.07, 6.45) is 8.69. The standard InChI is InChI=1S/C13H24N2/c1-2-15-10-13(7-3-4-8-13)14-9-12(15)11-5-6-11/h11-12,14H,2-10H2,1H3. The van der Waals surface area contributed by atoms with Gasteiger partial charge in [-0.25, -0.2) is 0 Å². The summed E-state index contributed by atoms with van der Waals surface area (Å²) in [5.74, 6) is 1.02. The Balaban J connectivity index is 1.68. The Labute approximate surface area is 93.4 Å². The summed E-state index contributed by atoms with van der Waals surface area (Å²) in [7, 11) is 0. The molecule has 2 aliphatic carbocycles. The lowest BCUT2D eigenvalue weighted by Crippen LogP contribution is -2.63. The zero-order chi connectivity index (χ0) is 10.3. The van der Waals surface area contributed by atoms with E-state index < -0.39 is 0 Å². The monoisotopic (exact) mass is 208 g/mol. The van der Waals surface area contributed by atoms with Crippen LogP contribution in [0.2, 0.25) is 0 Å². The molecule has 1 atom stereocenters. The highest BCUT2D eigenvalue weighted by Gasteiger charge is 2.44. The van der Waals surface area contributed by atoms with Crippen molar-refractivity contribution in [3.63, 3.8) is 0 Å². The van der Waals surface area contributed by atoms with Crippen LogP contribution in [0, 0.1) is 5.92 Å². The fourth-order valence-corrected chi connectivity index (χ4v) is 3.69. The van der Waals surface area contributed by atoms with E-state index in [0.29, 0.717) is 5.54 Å². The third kappa shape index (κ3) is 1.83. The third-order valence-electron chi connectivity index (χ3n) is 4.79. The molecule has 0 amide bonds. The van der Waals surface area contributed by atoms with Crippen molar-refractivity contribution in [3.8, 4) is 0 Å². The van der Waals surface area contributed by atoms with Crippen LogP contribution in [0.15, 0.2) is 0 Å². The predicted molar refractivity (Wildman–Crippen MR) is 63.0 cm³/mol. The number of nitrogens with zero attached hydrogens (tertiary/aromatic N) is 1. The molecule has 3 fully saturated rings. The molecule has 0 aromatic carbocycles. The van der Waals surface area contributed by atoms with E-state index in [1.807, 2.05) is 0 Å². The summed E-state index contributed by atoms with van der Waals surface area (Å²) < 4.78 is 0. The normalized spacial score (nSPS) is 36.2. The summed E-state index contributed by atoms with van der Waals surface area (Å²) >= 11 is 0. The van der Waals surface area contributed by atoms with Gasteiger partial charge in [-0.15, -0.1) is 0 Å². The van der Waals surface area contributed by atoms with Crippen LogP contribution in [0.4, 0.5) is 0 Å². The molecule has 1 saturated heterocycles. The highest BCUT2D eigenvalue weighted by Crippen LogP contribution is 2.40. The largest absolute Gasteiger partial charge is 0.308 e. The molecule has 1 unspecified atom stereocenters. The maximum atomic E-state index is 3.89. The van der Waals surface area contributed by atoms with E-state index in [1.54, 1.807) is 0 Å². The summed E-state index contributed by atoms with van der Waals surface area (Å²) in [5.41, 5.74) is 0.515. The zero-order valence-corrected chi connectivity index (χ0v) is 9.97. The molecule has 0 bridgehead atoms. The van der Waals surface area contributed by atoms with Crippen LogP contribution >= 0.6 is 0 Å². The first kappa shape index (κ1) is 10.1. The van der Waals surface area contributed by atoms with Gasteiger partial charge in [-0.05, 0) is 38.1 Å². The van der Waals surface area contributed by atoms with Gasteiger partial charge in [0.25, 0.3) is 0 Å². The minimum Gasteiger partial charge on any atom is -0.308 e. The lowest BCUT2D eigenvalue weighted by Gasteiger charge is -2.46. The molecule has 1 heterocycles. The van der Waals surface area contributed by atoms with Gasteiger partial charge >= 0.3 is 0 Å². The molecule has 0 aromatic rings. The van der Waals surface area contributed by atoms with Crippen molar-refractivity contribution >= 4 is 0 Å². The van der Waals surface area contributed by atoms with Crippen molar-refractivity contribution in [2.45, 2.75) is 57.0 Å². The topological polar surface area (TPSA) is 15.3 Å². The molecule has 0 radical (unpaired) electrons. The van der Waals surface area contributed by atoms with Gasteiger partial charge in [-0.1, -0.05) is 19.8 Å². The van der Waals surface area contributed by atoms with Gasteiger partial charge in [-0.3, -0.25) is 4.90 Å². The number of rotatable bonds is 2. The van der Waals surface area contributed by atoms with E-state index in [9.17, 15) is 0 Å². The van der Waals surface area contributed by atoms with E-state index in [4.69, 9.17) is 0 Å². The first-order valence-electron chi connectivity index (χ1n) is 6.82. The molecular weight excluding hydrogens is 184 g/mol. The average Bonchev–Trinajstić information content (AvgIpc) is 3.01. The molecule has 0 aromatic heterocycles.